The summed E-state index contributed by atoms with van der Waals surface area (Å²) in [5.74, 6) is 2.58. The van der Waals surface area contributed by atoms with Crippen LogP contribution in [0.5, 0.6) is 0 Å². The van der Waals surface area contributed by atoms with Crippen LogP contribution in [0.1, 0.15) is 13.8 Å². The Kier molecular flexibility index (Phi) is 2.10. The zero-order valence-electron chi connectivity index (χ0n) is 7.46. The summed E-state index contributed by atoms with van der Waals surface area (Å²) in [6.45, 7) is 4.18. The van der Waals surface area contributed by atoms with Crippen molar-refractivity contribution >= 4 is 0 Å². The molecule has 0 radical (unpaired) electrons. The van der Waals surface area contributed by atoms with E-state index >= 15 is 0 Å². The fraction of sp³-hybridized carbons (Fsp3) is 0.273. The topological polar surface area (TPSA) is 26.0 Å². The zero-order chi connectivity index (χ0) is 9.19. The van der Waals surface area contributed by atoms with Gasteiger partial charge in [0.1, 0.15) is 0 Å². The number of terminal acetylenes is 1. The van der Waals surface area contributed by atoms with Gasteiger partial charge < -0.3 is 5.73 Å². The van der Waals surface area contributed by atoms with Crippen LogP contribution in [0.4, 0.5) is 0 Å². The van der Waals surface area contributed by atoms with Crippen LogP contribution in [0.2, 0.25) is 0 Å². The van der Waals surface area contributed by atoms with Crippen molar-refractivity contribution in [1.29, 1.82) is 0 Å². The molecule has 0 fully saturated rings. The molecule has 0 spiro atoms. The third-order valence-corrected chi connectivity index (χ3v) is 1.78. The molecular weight excluding hydrogens is 146 g/mol. The van der Waals surface area contributed by atoms with Crippen LogP contribution in [0.25, 0.3) is 0 Å². The van der Waals surface area contributed by atoms with E-state index in [9.17, 15) is 0 Å². The van der Waals surface area contributed by atoms with E-state index in [0.29, 0.717) is 5.70 Å². The highest BCUT2D eigenvalue weighted by Gasteiger charge is 2.13. The van der Waals surface area contributed by atoms with Crippen LogP contribution in [0, 0.1) is 17.8 Å². The van der Waals surface area contributed by atoms with Gasteiger partial charge in [0.25, 0.3) is 0 Å². The summed E-state index contributed by atoms with van der Waals surface area (Å²) in [7, 11) is 0. The molecular formula is C11H13N. The maximum atomic E-state index is 5.71. The summed E-state index contributed by atoms with van der Waals surface area (Å²) in [6, 6.07) is 0. The van der Waals surface area contributed by atoms with Crippen LogP contribution in [-0.4, -0.2) is 0 Å². The van der Waals surface area contributed by atoms with Gasteiger partial charge in [-0.25, -0.2) is 0 Å². The number of nitrogens with two attached hydrogens (primary N) is 1. The van der Waals surface area contributed by atoms with Crippen LogP contribution in [0.15, 0.2) is 35.6 Å². The first-order valence-electron chi connectivity index (χ1n) is 3.90. The van der Waals surface area contributed by atoms with Crippen molar-refractivity contribution in [2.75, 3.05) is 0 Å². The third-order valence-electron chi connectivity index (χ3n) is 1.78. The first kappa shape index (κ1) is 8.67. The molecule has 0 aliphatic heterocycles. The predicted molar refractivity (Wildman–Crippen MR) is 52.1 cm³/mol. The number of rotatable bonds is 0. The smallest absolute Gasteiger partial charge is 0.0470 e. The molecule has 0 saturated heterocycles. The van der Waals surface area contributed by atoms with Gasteiger partial charge in [-0.15, -0.1) is 6.42 Å². The predicted octanol–water partition coefficient (Wildman–Crippen LogP) is 1.98. The third kappa shape index (κ3) is 1.79. The average molecular weight is 159 g/mol. The van der Waals surface area contributed by atoms with E-state index in [1.807, 2.05) is 18.2 Å². The highest BCUT2D eigenvalue weighted by atomic mass is 14.6. The molecule has 0 heterocycles. The van der Waals surface area contributed by atoms with Crippen molar-refractivity contribution in [3.8, 4) is 12.3 Å². The maximum absolute atomic E-state index is 5.71. The number of hydrogen-bond donors (Lipinski definition) is 1. The normalized spacial score (nSPS) is 20.4. The van der Waals surface area contributed by atoms with Crippen molar-refractivity contribution < 1.29 is 0 Å². The average Bonchev–Trinajstić information content (AvgIpc) is 2.10. The molecule has 0 aromatic carbocycles. The van der Waals surface area contributed by atoms with Crippen molar-refractivity contribution in [1.82, 2.24) is 0 Å². The zero-order valence-corrected chi connectivity index (χ0v) is 7.46. The minimum Gasteiger partial charge on any atom is -0.398 e. The first-order chi connectivity index (χ1) is 5.55. The molecule has 1 aliphatic rings. The lowest BCUT2D eigenvalue weighted by Crippen LogP contribution is -2.05. The molecule has 1 heteroatoms. The molecule has 2 N–H and O–H groups in total. The highest BCUT2D eigenvalue weighted by molar-refractivity contribution is 5.47. The summed E-state index contributed by atoms with van der Waals surface area (Å²) in [4.78, 5) is 0. The second-order valence-corrected chi connectivity index (χ2v) is 3.50. The minimum absolute atomic E-state index is 0.000671. The van der Waals surface area contributed by atoms with Gasteiger partial charge in [-0.05, 0) is 6.08 Å². The van der Waals surface area contributed by atoms with Gasteiger partial charge in [-0.3, -0.25) is 0 Å². The number of allylic oxidation sites excluding steroid dienone is 5. The molecule has 12 heavy (non-hydrogen) atoms. The Morgan fingerprint density at radius 3 is 2.75 bits per heavy atom. The SMILES string of the molecule is C#CC1=CC(C)(C)C=CC=C1N. The lowest BCUT2D eigenvalue weighted by atomic mass is 9.91. The van der Waals surface area contributed by atoms with Gasteiger partial charge in [-0.2, -0.15) is 0 Å². The van der Waals surface area contributed by atoms with Crippen molar-refractivity contribution in [2.24, 2.45) is 11.1 Å². The van der Waals surface area contributed by atoms with Gasteiger partial charge in [0.15, 0.2) is 0 Å². The lowest BCUT2D eigenvalue weighted by Gasteiger charge is -2.13. The molecule has 0 saturated carbocycles. The Labute approximate surface area is 73.7 Å². The van der Waals surface area contributed by atoms with Crippen molar-refractivity contribution in [2.45, 2.75) is 13.8 Å². The number of hydrogen-bond acceptors (Lipinski definition) is 1. The summed E-state index contributed by atoms with van der Waals surface area (Å²) < 4.78 is 0. The summed E-state index contributed by atoms with van der Waals surface area (Å²) in [5, 5.41) is 0. The molecule has 1 nitrogen and oxygen atoms in total. The Morgan fingerprint density at radius 1 is 1.50 bits per heavy atom. The van der Waals surface area contributed by atoms with Gasteiger partial charge in [0.2, 0.25) is 0 Å². The molecule has 1 aliphatic carbocycles. The molecule has 0 aromatic heterocycles. The van der Waals surface area contributed by atoms with Gasteiger partial charge >= 0.3 is 0 Å². The molecule has 0 aromatic rings. The van der Waals surface area contributed by atoms with E-state index < -0.39 is 0 Å². The summed E-state index contributed by atoms with van der Waals surface area (Å²) in [5.41, 5.74) is 7.16. The standard InChI is InChI=1S/C11H13N/c1-4-9-8-11(2,3)7-5-6-10(9)12/h1,5-8H,12H2,2-3H3. The van der Waals surface area contributed by atoms with Crippen molar-refractivity contribution in [3.63, 3.8) is 0 Å². The van der Waals surface area contributed by atoms with E-state index in [1.54, 1.807) is 0 Å². The Bertz CT molecular complexity index is 308. The fourth-order valence-corrected chi connectivity index (χ4v) is 1.12. The molecule has 62 valence electrons. The Hall–Kier alpha value is -1.42. The van der Waals surface area contributed by atoms with E-state index in [4.69, 9.17) is 12.2 Å². The van der Waals surface area contributed by atoms with Crippen LogP contribution in [-0.2, 0) is 0 Å². The van der Waals surface area contributed by atoms with E-state index in [1.165, 1.54) is 0 Å². The highest BCUT2D eigenvalue weighted by Crippen LogP contribution is 2.24. The lowest BCUT2D eigenvalue weighted by molar-refractivity contribution is 0.624. The largest absolute Gasteiger partial charge is 0.398 e. The monoisotopic (exact) mass is 159 g/mol. The van der Waals surface area contributed by atoms with Crippen molar-refractivity contribution in [3.05, 3.63) is 35.6 Å². The molecule has 0 unspecified atom stereocenters. The molecule has 0 amide bonds. The van der Waals surface area contributed by atoms with Gasteiger partial charge in [0, 0.05) is 16.7 Å². The first-order valence-corrected chi connectivity index (χ1v) is 3.90. The van der Waals surface area contributed by atoms with Gasteiger partial charge in [-0.1, -0.05) is 38.0 Å². The van der Waals surface area contributed by atoms with Gasteiger partial charge in [0.05, 0.1) is 0 Å². The Morgan fingerprint density at radius 2 is 2.17 bits per heavy atom. The Balaban J connectivity index is 3.14. The second kappa shape index (κ2) is 2.91. The van der Waals surface area contributed by atoms with E-state index in [2.05, 4.69) is 25.8 Å². The quantitative estimate of drug-likeness (QED) is 0.537. The minimum atomic E-state index is -0.000671. The van der Waals surface area contributed by atoms with Crippen LogP contribution >= 0.6 is 0 Å². The summed E-state index contributed by atoms with van der Waals surface area (Å²) >= 11 is 0. The molecule has 1 rings (SSSR count). The van der Waals surface area contributed by atoms with E-state index in [-0.39, 0.29) is 5.41 Å². The maximum Gasteiger partial charge on any atom is 0.0470 e. The van der Waals surface area contributed by atoms with E-state index in [0.717, 1.165) is 5.57 Å². The van der Waals surface area contributed by atoms with Crippen LogP contribution < -0.4 is 5.73 Å². The second-order valence-electron chi connectivity index (χ2n) is 3.50. The molecule has 0 bridgehead atoms. The fourth-order valence-electron chi connectivity index (χ4n) is 1.12. The molecule has 0 atom stereocenters. The van der Waals surface area contributed by atoms with Crippen LogP contribution in [0.3, 0.4) is 0 Å². The summed E-state index contributed by atoms with van der Waals surface area (Å²) in [6.07, 6.45) is 13.2.